The molecule has 4 nitrogen and oxygen atoms in total. The van der Waals surface area contributed by atoms with Crippen molar-refractivity contribution < 1.29 is 14.3 Å². The molecule has 1 aliphatic rings. The van der Waals surface area contributed by atoms with Gasteiger partial charge in [-0.2, -0.15) is 0 Å². The highest BCUT2D eigenvalue weighted by Gasteiger charge is 2.28. The van der Waals surface area contributed by atoms with E-state index in [2.05, 4.69) is 0 Å². The van der Waals surface area contributed by atoms with Gasteiger partial charge in [-0.25, -0.2) is 0 Å². The summed E-state index contributed by atoms with van der Waals surface area (Å²) in [5, 5.41) is 1.68. The molecule has 3 rings (SSSR count). The van der Waals surface area contributed by atoms with Gasteiger partial charge >= 0.3 is 5.97 Å². The zero-order chi connectivity index (χ0) is 17.8. The minimum Gasteiger partial charge on any atom is -0.466 e. The highest BCUT2D eigenvalue weighted by molar-refractivity contribution is 7.20. The van der Waals surface area contributed by atoms with Crippen LogP contribution in [0.15, 0.2) is 30.3 Å². The molecule has 0 spiro atoms. The van der Waals surface area contributed by atoms with Crippen LogP contribution in [0.2, 0.25) is 5.02 Å². The molecule has 1 aromatic heterocycles. The number of hydrogen-bond acceptors (Lipinski definition) is 4. The van der Waals surface area contributed by atoms with Crippen LogP contribution in [-0.2, 0) is 14.3 Å². The number of hydrogen-bond donors (Lipinski definition) is 0. The molecule has 2 aromatic rings. The average Bonchev–Trinajstić information content (AvgIpc) is 2.96. The summed E-state index contributed by atoms with van der Waals surface area (Å²) >= 11 is 7.96. The van der Waals surface area contributed by atoms with Crippen molar-refractivity contribution in [1.82, 2.24) is 4.90 Å². The van der Waals surface area contributed by atoms with Gasteiger partial charge in [0.25, 0.3) is 0 Å². The normalized spacial score (nSPS) is 18.0. The third-order valence-corrected chi connectivity index (χ3v) is 5.95. The van der Waals surface area contributed by atoms with Gasteiger partial charge in [0.1, 0.15) is 0 Å². The van der Waals surface area contributed by atoms with Crippen molar-refractivity contribution in [2.75, 3.05) is 19.7 Å². The van der Waals surface area contributed by atoms with Crippen LogP contribution in [0.5, 0.6) is 0 Å². The van der Waals surface area contributed by atoms with Gasteiger partial charge in [-0.15, -0.1) is 11.3 Å². The highest BCUT2D eigenvalue weighted by atomic mass is 35.5. The zero-order valence-corrected chi connectivity index (χ0v) is 15.6. The fraction of sp³-hybridized carbons (Fsp3) is 0.368. The van der Waals surface area contributed by atoms with Crippen LogP contribution in [0, 0.1) is 5.92 Å². The quantitative estimate of drug-likeness (QED) is 0.587. The fourth-order valence-electron chi connectivity index (χ4n) is 3.02. The van der Waals surface area contributed by atoms with Crippen molar-refractivity contribution in [3.05, 3.63) is 40.2 Å². The average molecular weight is 378 g/mol. The maximum absolute atomic E-state index is 12.5. The second-order valence-electron chi connectivity index (χ2n) is 5.99. The van der Waals surface area contributed by atoms with E-state index in [1.54, 1.807) is 35.3 Å². The molecule has 0 N–H and O–H groups in total. The molecule has 1 fully saturated rings. The van der Waals surface area contributed by atoms with Gasteiger partial charge in [-0.3, -0.25) is 9.59 Å². The Labute approximate surface area is 156 Å². The lowest BCUT2D eigenvalue weighted by Crippen LogP contribution is -2.42. The third-order valence-electron chi connectivity index (χ3n) is 4.29. The second kappa shape index (κ2) is 8.02. The fourth-order valence-corrected chi connectivity index (χ4v) is 4.42. The smallest absolute Gasteiger partial charge is 0.310 e. The summed E-state index contributed by atoms with van der Waals surface area (Å²) in [7, 11) is 0. The predicted molar refractivity (Wildman–Crippen MR) is 102 cm³/mol. The van der Waals surface area contributed by atoms with E-state index in [4.69, 9.17) is 16.3 Å². The Hall–Kier alpha value is -1.85. The standard InChI is InChI=1S/C19H20ClNO3S/c1-2-24-19(23)13-6-5-11-21(12-13)17(22)10-9-16-18(20)14-7-3-4-8-15(14)25-16/h3-4,7-10,13H,2,5-6,11-12H2,1H3/b10-9+. The minimum atomic E-state index is -0.223. The summed E-state index contributed by atoms with van der Waals surface area (Å²) in [4.78, 5) is 26.9. The number of carbonyl (C=O) groups excluding carboxylic acids is 2. The largest absolute Gasteiger partial charge is 0.466 e. The highest BCUT2D eigenvalue weighted by Crippen LogP contribution is 2.36. The van der Waals surface area contributed by atoms with Crippen LogP contribution < -0.4 is 0 Å². The van der Waals surface area contributed by atoms with Gasteiger partial charge in [0.2, 0.25) is 5.91 Å². The Balaban J connectivity index is 1.69. The van der Waals surface area contributed by atoms with Crippen LogP contribution in [0.25, 0.3) is 16.2 Å². The van der Waals surface area contributed by atoms with E-state index in [1.165, 1.54) is 0 Å². The number of nitrogens with zero attached hydrogens (tertiary/aromatic N) is 1. The first-order valence-electron chi connectivity index (χ1n) is 8.40. The molecule has 1 saturated heterocycles. The summed E-state index contributed by atoms with van der Waals surface area (Å²) in [6, 6.07) is 7.90. The van der Waals surface area contributed by atoms with E-state index >= 15 is 0 Å². The Morgan fingerprint density at radius 2 is 2.20 bits per heavy atom. The lowest BCUT2D eigenvalue weighted by atomic mass is 9.98. The van der Waals surface area contributed by atoms with E-state index in [9.17, 15) is 9.59 Å². The Morgan fingerprint density at radius 3 is 2.96 bits per heavy atom. The number of rotatable bonds is 4. The summed E-state index contributed by atoms with van der Waals surface area (Å²) in [6.45, 7) is 3.25. The van der Waals surface area contributed by atoms with Gasteiger partial charge in [-0.05, 0) is 31.9 Å². The number of halogens is 1. The van der Waals surface area contributed by atoms with Crippen molar-refractivity contribution in [2.45, 2.75) is 19.8 Å². The monoisotopic (exact) mass is 377 g/mol. The first-order chi connectivity index (χ1) is 12.1. The van der Waals surface area contributed by atoms with Gasteiger partial charge in [0.05, 0.1) is 17.5 Å². The second-order valence-corrected chi connectivity index (χ2v) is 7.45. The minimum absolute atomic E-state index is 0.0949. The van der Waals surface area contributed by atoms with Crippen molar-refractivity contribution in [1.29, 1.82) is 0 Å². The molecule has 25 heavy (non-hydrogen) atoms. The lowest BCUT2D eigenvalue weighted by molar-refractivity contribution is -0.150. The molecule has 1 amide bonds. The van der Waals surface area contributed by atoms with Crippen LogP contribution in [-0.4, -0.2) is 36.5 Å². The number of benzene rings is 1. The SMILES string of the molecule is CCOC(=O)C1CCCN(C(=O)/C=C/c2sc3ccccc3c2Cl)C1. The Kier molecular flexibility index (Phi) is 5.76. The van der Waals surface area contributed by atoms with Crippen molar-refractivity contribution in [2.24, 2.45) is 5.92 Å². The topological polar surface area (TPSA) is 46.6 Å². The third kappa shape index (κ3) is 4.05. The van der Waals surface area contributed by atoms with E-state index in [-0.39, 0.29) is 17.8 Å². The molecule has 0 saturated carbocycles. The molecule has 6 heteroatoms. The molecule has 0 radical (unpaired) electrons. The molecule has 2 heterocycles. The van der Waals surface area contributed by atoms with E-state index in [1.807, 2.05) is 24.3 Å². The van der Waals surface area contributed by atoms with Crippen LogP contribution in [0.3, 0.4) is 0 Å². The zero-order valence-electron chi connectivity index (χ0n) is 14.0. The molecule has 1 aliphatic heterocycles. The molecule has 1 atom stereocenters. The number of carbonyl (C=O) groups is 2. The number of esters is 1. The number of piperidine rings is 1. The molecule has 1 unspecified atom stereocenters. The summed E-state index contributed by atoms with van der Waals surface area (Å²) < 4.78 is 6.17. The first-order valence-corrected chi connectivity index (χ1v) is 9.60. The molecular formula is C19H20ClNO3S. The summed E-state index contributed by atoms with van der Waals surface area (Å²) in [5.74, 6) is -0.530. The number of fused-ring (bicyclic) bond motifs is 1. The number of amides is 1. The van der Waals surface area contributed by atoms with Gasteiger partial charge in [0.15, 0.2) is 0 Å². The molecule has 0 aliphatic carbocycles. The van der Waals surface area contributed by atoms with Crippen LogP contribution in [0.4, 0.5) is 0 Å². The predicted octanol–water partition coefficient (Wildman–Crippen LogP) is 4.37. The van der Waals surface area contributed by atoms with Gasteiger partial charge in [-0.1, -0.05) is 29.8 Å². The summed E-state index contributed by atoms with van der Waals surface area (Å²) in [6.07, 6.45) is 4.90. The first kappa shape index (κ1) is 18.0. The van der Waals surface area contributed by atoms with Crippen molar-refractivity contribution in [3.8, 4) is 0 Å². The number of thiophene rings is 1. The maximum Gasteiger partial charge on any atom is 0.310 e. The Bertz CT molecular complexity index is 814. The molecular weight excluding hydrogens is 358 g/mol. The van der Waals surface area contributed by atoms with E-state index < -0.39 is 0 Å². The van der Waals surface area contributed by atoms with E-state index in [0.29, 0.717) is 24.7 Å². The summed E-state index contributed by atoms with van der Waals surface area (Å²) in [5.41, 5.74) is 0. The van der Waals surface area contributed by atoms with Crippen LogP contribution >= 0.6 is 22.9 Å². The molecule has 0 bridgehead atoms. The van der Waals surface area contributed by atoms with E-state index in [0.717, 1.165) is 27.8 Å². The van der Waals surface area contributed by atoms with Gasteiger partial charge < -0.3 is 9.64 Å². The molecule has 1 aromatic carbocycles. The molecule has 132 valence electrons. The van der Waals surface area contributed by atoms with Gasteiger partial charge in [0, 0.05) is 34.1 Å². The lowest BCUT2D eigenvalue weighted by Gasteiger charge is -2.30. The maximum atomic E-state index is 12.5. The number of ether oxygens (including phenoxy) is 1. The van der Waals surface area contributed by atoms with Crippen molar-refractivity contribution >= 4 is 51.0 Å². The van der Waals surface area contributed by atoms with Crippen molar-refractivity contribution in [3.63, 3.8) is 0 Å². The number of likely N-dealkylation sites (tertiary alicyclic amines) is 1. The van der Waals surface area contributed by atoms with Crippen LogP contribution in [0.1, 0.15) is 24.6 Å². The Morgan fingerprint density at radius 1 is 1.40 bits per heavy atom.